The minimum Gasteiger partial charge on any atom is -0.341 e. The molecule has 0 spiro atoms. The van der Waals surface area contributed by atoms with E-state index in [1.807, 2.05) is 4.90 Å². The molecule has 6 nitrogen and oxygen atoms in total. The standard InChI is InChI=1S/C21H20F2N4O2/c22-16-9-8-14(12-17(16)23)13-19(28)25-27-20(29)15-6-2-3-7-18(15)24-21(27)26-10-4-1-5-11-26/h2-3,6-9,12H,1,4-5,10-11,13H2,(H,25,28). The average Bonchev–Trinajstić information content (AvgIpc) is 2.73. The normalized spacial score (nSPS) is 14.2. The molecule has 1 saturated heterocycles. The Labute approximate surface area is 165 Å². The van der Waals surface area contributed by atoms with E-state index in [-0.39, 0.29) is 12.0 Å². The number of rotatable bonds is 4. The second kappa shape index (κ2) is 7.98. The van der Waals surface area contributed by atoms with E-state index in [0.717, 1.165) is 49.2 Å². The van der Waals surface area contributed by atoms with Crippen LogP contribution in [0.4, 0.5) is 14.7 Å². The number of fused-ring (bicyclic) bond motifs is 1. The van der Waals surface area contributed by atoms with Crippen LogP contribution in [0.5, 0.6) is 0 Å². The lowest BCUT2D eigenvalue weighted by atomic mass is 10.1. The van der Waals surface area contributed by atoms with Crippen LogP contribution >= 0.6 is 0 Å². The molecule has 8 heteroatoms. The molecule has 1 fully saturated rings. The number of aromatic nitrogens is 2. The fourth-order valence-electron chi connectivity index (χ4n) is 3.53. The fraction of sp³-hybridized carbons (Fsp3) is 0.286. The average molecular weight is 398 g/mol. The summed E-state index contributed by atoms with van der Waals surface area (Å²) in [5.41, 5.74) is 3.08. The van der Waals surface area contributed by atoms with Gasteiger partial charge in [-0.3, -0.25) is 15.0 Å². The van der Waals surface area contributed by atoms with Gasteiger partial charge in [0, 0.05) is 13.1 Å². The van der Waals surface area contributed by atoms with Gasteiger partial charge in [-0.05, 0) is 49.1 Å². The Morgan fingerprint density at radius 1 is 1.03 bits per heavy atom. The molecule has 2 heterocycles. The SMILES string of the molecule is O=C(Cc1ccc(F)c(F)c1)Nn1c(N2CCCCC2)nc2ccccc2c1=O. The number of nitrogens with zero attached hydrogens (tertiary/aromatic N) is 3. The third-order valence-corrected chi connectivity index (χ3v) is 4.98. The van der Waals surface area contributed by atoms with Gasteiger partial charge in [0.1, 0.15) is 0 Å². The first-order valence-electron chi connectivity index (χ1n) is 9.53. The Hall–Kier alpha value is -3.29. The molecule has 0 saturated carbocycles. The Bertz CT molecular complexity index is 1120. The molecule has 3 aromatic rings. The zero-order valence-electron chi connectivity index (χ0n) is 15.7. The smallest absolute Gasteiger partial charge is 0.281 e. The van der Waals surface area contributed by atoms with Crippen LogP contribution in [0.2, 0.25) is 0 Å². The summed E-state index contributed by atoms with van der Waals surface area (Å²) in [5, 5.41) is 0.390. The van der Waals surface area contributed by atoms with Crippen LogP contribution in [0.25, 0.3) is 10.9 Å². The number of amides is 1. The topological polar surface area (TPSA) is 67.2 Å². The summed E-state index contributed by atoms with van der Waals surface area (Å²) in [6.07, 6.45) is 2.86. The second-order valence-corrected chi connectivity index (χ2v) is 7.08. The van der Waals surface area contributed by atoms with Gasteiger partial charge in [0.05, 0.1) is 17.3 Å². The van der Waals surface area contributed by atoms with Crippen molar-refractivity contribution in [2.45, 2.75) is 25.7 Å². The van der Waals surface area contributed by atoms with Crippen molar-refractivity contribution in [2.75, 3.05) is 23.4 Å². The predicted molar refractivity (Wildman–Crippen MR) is 106 cm³/mol. The van der Waals surface area contributed by atoms with Crippen LogP contribution in [0.1, 0.15) is 24.8 Å². The van der Waals surface area contributed by atoms with Crippen LogP contribution in [0, 0.1) is 11.6 Å². The van der Waals surface area contributed by atoms with Gasteiger partial charge in [0.25, 0.3) is 5.56 Å². The summed E-state index contributed by atoms with van der Waals surface area (Å²) < 4.78 is 27.7. The Kier molecular flexibility index (Phi) is 5.24. The molecule has 0 bridgehead atoms. The van der Waals surface area contributed by atoms with Crippen molar-refractivity contribution in [3.63, 3.8) is 0 Å². The van der Waals surface area contributed by atoms with Gasteiger partial charge in [-0.25, -0.2) is 13.8 Å². The number of nitrogens with one attached hydrogen (secondary N) is 1. The van der Waals surface area contributed by atoms with Gasteiger partial charge in [0.15, 0.2) is 11.6 Å². The molecule has 29 heavy (non-hydrogen) atoms. The molecule has 4 rings (SSSR count). The first-order chi connectivity index (χ1) is 14.0. The molecule has 1 N–H and O–H groups in total. The number of piperidine rings is 1. The van der Waals surface area contributed by atoms with Crippen molar-refractivity contribution in [1.82, 2.24) is 9.66 Å². The van der Waals surface area contributed by atoms with Gasteiger partial charge >= 0.3 is 0 Å². The van der Waals surface area contributed by atoms with Crippen molar-refractivity contribution in [1.29, 1.82) is 0 Å². The number of hydrogen-bond donors (Lipinski definition) is 1. The minimum atomic E-state index is -1.02. The molecule has 1 aliphatic heterocycles. The lowest BCUT2D eigenvalue weighted by molar-refractivity contribution is -0.116. The van der Waals surface area contributed by atoms with Gasteiger partial charge < -0.3 is 4.90 Å². The molecule has 0 radical (unpaired) electrons. The number of halogens is 2. The maximum atomic E-state index is 13.4. The quantitative estimate of drug-likeness (QED) is 0.734. The predicted octanol–water partition coefficient (Wildman–Crippen LogP) is 2.98. The maximum absolute atomic E-state index is 13.4. The van der Waals surface area contributed by atoms with E-state index in [2.05, 4.69) is 10.4 Å². The highest BCUT2D eigenvalue weighted by atomic mass is 19.2. The summed E-state index contributed by atoms with van der Waals surface area (Å²) in [6.45, 7) is 1.48. The number of para-hydroxylation sites is 1. The number of anilines is 1. The summed E-state index contributed by atoms with van der Waals surface area (Å²) in [4.78, 5) is 32.2. The first kappa shape index (κ1) is 19.0. The van der Waals surface area contributed by atoms with Crippen molar-refractivity contribution >= 4 is 22.8 Å². The molecular weight excluding hydrogens is 378 g/mol. The molecular formula is C21H20F2N4O2. The van der Waals surface area contributed by atoms with Crippen molar-refractivity contribution in [3.8, 4) is 0 Å². The number of hydrogen-bond acceptors (Lipinski definition) is 4. The van der Waals surface area contributed by atoms with Crippen LogP contribution in [-0.2, 0) is 11.2 Å². The summed E-state index contributed by atoms with van der Waals surface area (Å²) in [5.74, 6) is -2.13. The zero-order chi connectivity index (χ0) is 20.4. The number of benzene rings is 2. The van der Waals surface area contributed by atoms with Crippen molar-refractivity contribution < 1.29 is 13.6 Å². The molecule has 1 amide bonds. The van der Waals surface area contributed by atoms with E-state index in [1.54, 1.807) is 24.3 Å². The first-order valence-corrected chi connectivity index (χ1v) is 9.53. The monoisotopic (exact) mass is 398 g/mol. The molecule has 0 unspecified atom stereocenters. The molecule has 1 aliphatic rings. The van der Waals surface area contributed by atoms with Crippen molar-refractivity contribution in [3.05, 3.63) is 70.0 Å². The van der Waals surface area contributed by atoms with Gasteiger partial charge in [-0.1, -0.05) is 18.2 Å². The van der Waals surface area contributed by atoms with E-state index >= 15 is 0 Å². The Morgan fingerprint density at radius 3 is 2.55 bits per heavy atom. The van der Waals surface area contributed by atoms with Gasteiger partial charge in [0.2, 0.25) is 11.9 Å². The molecule has 1 aromatic heterocycles. The van der Waals surface area contributed by atoms with E-state index in [4.69, 9.17) is 0 Å². The highest BCUT2D eigenvalue weighted by Gasteiger charge is 2.20. The number of carbonyl (C=O) groups is 1. The molecule has 0 atom stereocenters. The fourth-order valence-corrected chi connectivity index (χ4v) is 3.53. The largest absolute Gasteiger partial charge is 0.341 e. The Balaban J connectivity index is 1.69. The molecule has 0 aliphatic carbocycles. The van der Waals surface area contributed by atoms with Gasteiger partial charge in [-0.2, -0.15) is 4.68 Å². The summed E-state index contributed by atoms with van der Waals surface area (Å²) in [6, 6.07) is 10.2. The lowest BCUT2D eigenvalue weighted by Gasteiger charge is -2.29. The minimum absolute atomic E-state index is 0.199. The van der Waals surface area contributed by atoms with E-state index < -0.39 is 17.5 Å². The number of carbonyl (C=O) groups excluding carboxylic acids is 1. The van der Waals surface area contributed by atoms with Crippen molar-refractivity contribution in [2.24, 2.45) is 0 Å². The van der Waals surface area contributed by atoms with E-state index in [0.29, 0.717) is 22.4 Å². The van der Waals surface area contributed by atoms with Gasteiger partial charge in [-0.15, -0.1) is 0 Å². The summed E-state index contributed by atoms with van der Waals surface area (Å²) in [7, 11) is 0. The Morgan fingerprint density at radius 2 is 1.79 bits per heavy atom. The van der Waals surface area contributed by atoms with Crippen LogP contribution in [0.15, 0.2) is 47.3 Å². The highest BCUT2D eigenvalue weighted by Crippen LogP contribution is 2.19. The summed E-state index contributed by atoms with van der Waals surface area (Å²) >= 11 is 0. The third kappa shape index (κ3) is 3.96. The van der Waals surface area contributed by atoms with Crippen LogP contribution in [0.3, 0.4) is 0 Å². The van der Waals surface area contributed by atoms with Crippen LogP contribution < -0.4 is 15.9 Å². The second-order valence-electron chi connectivity index (χ2n) is 7.08. The van der Waals surface area contributed by atoms with E-state index in [1.165, 1.54) is 6.07 Å². The third-order valence-electron chi connectivity index (χ3n) is 4.98. The molecule has 150 valence electrons. The maximum Gasteiger partial charge on any atom is 0.281 e. The lowest BCUT2D eigenvalue weighted by Crippen LogP contribution is -2.41. The van der Waals surface area contributed by atoms with Crippen LogP contribution in [-0.4, -0.2) is 28.7 Å². The highest BCUT2D eigenvalue weighted by molar-refractivity contribution is 5.87. The van der Waals surface area contributed by atoms with E-state index in [9.17, 15) is 18.4 Å². The molecule has 2 aromatic carbocycles. The zero-order valence-corrected chi connectivity index (χ0v) is 15.7.